The van der Waals surface area contributed by atoms with E-state index in [9.17, 15) is 17.6 Å². The van der Waals surface area contributed by atoms with Crippen LogP contribution in [0.15, 0.2) is 6.07 Å². The van der Waals surface area contributed by atoms with E-state index in [0.29, 0.717) is 55.2 Å². The third kappa shape index (κ3) is 4.77. The molecule has 228 valence electrons. The van der Waals surface area contributed by atoms with Crippen molar-refractivity contribution in [2.75, 3.05) is 43.4 Å². The van der Waals surface area contributed by atoms with Gasteiger partial charge in [0.1, 0.15) is 18.6 Å². The molecule has 0 radical (unpaired) electrons. The third-order valence-corrected chi connectivity index (χ3v) is 9.74. The molecule has 2 bridgehead atoms. The summed E-state index contributed by atoms with van der Waals surface area (Å²) in [6.07, 6.45) is -2.81. The topological polar surface area (TPSA) is 88.8 Å². The molecule has 3 N–H and O–H groups in total. The Kier molecular flexibility index (Phi) is 6.78. The molecule has 5 atom stereocenters. The highest BCUT2D eigenvalue weighted by Gasteiger charge is 2.49. The maximum atomic E-state index is 15.3. The number of halogens is 5. The van der Waals surface area contributed by atoms with Crippen molar-refractivity contribution in [3.63, 3.8) is 0 Å². The number of anilines is 2. The molecule has 13 heteroatoms. The van der Waals surface area contributed by atoms with Crippen LogP contribution in [0.2, 0.25) is 0 Å². The fourth-order valence-electron chi connectivity index (χ4n) is 7.88. The number of nitrogen functional groups attached to an aromatic ring is 1. The lowest BCUT2D eigenvalue weighted by molar-refractivity contribution is -0.140. The summed E-state index contributed by atoms with van der Waals surface area (Å²) in [7, 11) is 0. The van der Waals surface area contributed by atoms with Crippen LogP contribution < -0.4 is 20.7 Å². The van der Waals surface area contributed by atoms with Crippen molar-refractivity contribution in [3.05, 3.63) is 39.8 Å². The van der Waals surface area contributed by atoms with E-state index in [1.807, 2.05) is 0 Å². The second-order valence-corrected chi connectivity index (χ2v) is 12.5. The number of rotatable bonds is 5. The van der Waals surface area contributed by atoms with Crippen molar-refractivity contribution in [1.29, 1.82) is 0 Å². The Labute approximate surface area is 240 Å². The van der Waals surface area contributed by atoms with E-state index in [-0.39, 0.29) is 36.9 Å². The molecule has 7 rings (SSSR count). The highest BCUT2D eigenvalue weighted by atomic mass is 19.4. The van der Waals surface area contributed by atoms with Gasteiger partial charge in [0.15, 0.2) is 5.82 Å². The zero-order valence-corrected chi connectivity index (χ0v) is 23.4. The number of ether oxygens (including phenoxy) is 2. The molecular formula is C29H35F5N6O2. The van der Waals surface area contributed by atoms with Gasteiger partial charge in [-0.25, -0.2) is 8.78 Å². The average Bonchev–Trinajstić information content (AvgIpc) is 3.58. The molecule has 1 aromatic heterocycles. The van der Waals surface area contributed by atoms with Crippen LogP contribution in [0, 0.1) is 12.7 Å². The summed E-state index contributed by atoms with van der Waals surface area (Å²) in [5.41, 5.74) is 4.28. The number of hydrogen-bond acceptors (Lipinski definition) is 8. The number of alkyl halides is 4. The molecule has 0 saturated carbocycles. The van der Waals surface area contributed by atoms with Crippen LogP contribution in [-0.2, 0) is 23.9 Å². The van der Waals surface area contributed by atoms with Gasteiger partial charge >= 0.3 is 12.2 Å². The van der Waals surface area contributed by atoms with Gasteiger partial charge in [0.25, 0.3) is 0 Å². The molecule has 1 aromatic carbocycles. The Morgan fingerprint density at radius 3 is 2.69 bits per heavy atom. The van der Waals surface area contributed by atoms with Crippen LogP contribution in [0.4, 0.5) is 33.5 Å². The summed E-state index contributed by atoms with van der Waals surface area (Å²) < 4.78 is 84.3. The van der Waals surface area contributed by atoms with Gasteiger partial charge in [-0.3, -0.25) is 4.90 Å². The molecule has 8 nitrogen and oxygen atoms in total. The maximum absolute atomic E-state index is 15.3. The minimum atomic E-state index is -4.80. The minimum absolute atomic E-state index is 0.0826. The Bertz CT molecular complexity index is 1380. The molecule has 0 aliphatic carbocycles. The van der Waals surface area contributed by atoms with Crippen molar-refractivity contribution in [1.82, 2.24) is 20.2 Å². The third-order valence-electron chi connectivity index (χ3n) is 9.74. The van der Waals surface area contributed by atoms with Crippen molar-refractivity contribution >= 4 is 11.5 Å². The lowest BCUT2D eigenvalue weighted by Crippen LogP contribution is -2.52. The zero-order valence-electron chi connectivity index (χ0n) is 23.4. The van der Waals surface area contributed by atoms with Gasteiger partial charge in [0.2, 0.25) is 0 Å². The fraction of sp³-hybridized carbons (Fsp3) is 0.655. The first-order valence-electron chi connectivity index (χ1n) is 14.7. The van der Waals surface area contributed by atoms with Crippen molar-refractivity contribution in [2.45, 2.75) is 88.1 Å². The summed E-state index contributed by atoms with van der Waals surface area (Å²) in [6.45, 7) is 4.03. The van der Waals surface area contributed by atoms with E-state index < -0.39 is 40.9 Å². The summed E-state index contributed by atoms with van der Waals surface area (Å²) in [6, 6.07) is 1.71. The number of nitrogens with two attached hydrogens (primary N) is 1. The van der Waals surface area contributed by atoms with Crippen LogP contribution in [-0.4, -0.2) is 71.4 Å². The summed E-state index contributed by atoms with van der Waals surface area (Å²) in [5.74, 6) is -0.504. The summed E-state index contributed by atoms with van der Waals surface area (Å²) in [5, 5.41) is 3.59. The molecule has 0 spiro atoms. The molecular weight excluding hydrogens is 559 g/mol. The second-order valence-electron chi connectivity index (χ2n) is 12.5. The molecule has 5 aliphatic heterocycles. The quantitative estimate of drug-likeness (QED) is 0.393. The first-order valence-corrected chi connectivity index (χ1v) is 14.7. The molecule has 5 aliphatic rings. The van der Waals surface area contributed by atoms with Gasteiger partial charge in [0.05, 0.1) is 35.2 Å². The van der Waals surface area contributed by atoms with Gasteiger partial charge in [0, 0.05) is 55.7 Å². The first kappa shape index (κ1) is 28.0. The van der Waals surface area contributed by atoms with Crippen LogP contribution >= 0.6 is 0 Å². The predicted molar refractivity (Wildman–Crippen MR) is 145 cm³/mol. The molecule has 0 amide bonds. The molecule has 4 saturated heterocycles. The van der Waals surface area contributed by atoms with Crippen LogP contribution in [0.1, 0.15) is 66.2 Å². The lowest BCUT2D eigenvalue weighted by Gasteiger charge is -2.37. The van der Waals surface area contributed by atoms with Gasteiger partial charge in [-0.1, -0.05) is 0 Å². The number of hydrogen-bond donors (Lipinski definition) is 2. The van der Waals surface area contributed by atoms with E-state index in [4.69, 9.17) is 20.2 Å². The van der Waals surface area contributed by atoms with Gasteiger partial charge in [-0.2, -0.15) is 23.1 Å². The predicted octanol–water partition coefficient (Wildman–Crippen LogP) is 4.23. The van der Waals surface area contributed by atoms with Crippen LogP contribution in [0.5, 0.6) is 6.01 Å². The minimum Gasteiger partial charge on any atom is -0.461 e. The normalized spacial score (nSPS) is 31.0. The highest BCUT2D eigenvalue weighted by Crippen LogP contribution is 2.45. The second kappa shape index (κ2) is 10.2. The Hall–Kier alpha value is -2.77. The Balaban J connectivity index is 1.25. The molecule has 4 fully saturated rings. The largest absolute Gasteiger partial charge is 0.461 e. The van der Waals surface area contributed by atoms with Crippen molar-refractivity contribution in [3.8, 4) is 6.01 Å². The number of piperazine rings is 1. The average molecular weight is 595 g/mol. The number of nitrogens with one attached hydrogen (secondary N) is 1. The molecule has 1 unspecified atom stereocenters. The zero-order chi connectivity index (χ0) is 29.4. The van der Waals surface area contributed by atoms with Gasteiger partial charge in [-0.05, 0) is 50.8 Å². The summed E-state index contributed by atoms with van der Waals surface area (Å²) >= 11 is 0. The van der Waals surface area contributed by atoms with E-state index in [2.05, 4.69) is 20.1 Å². The molecule has 2 aromatic rings. The number of fused-ring (bicyclic) bond motifs is 4. The van der Waals surface area contributed by atoms with Crippen molar-refractivity contribution < 1.29 is 31.4 Å². The SMILES string of the molecule is Cc1cc(N)c(F)c(C2Cc3nc(OC[C@@]45CCCN4C[C@H](F)C5)nc(N4C[C@H]5CC[C@@H](C4)N5)c3CO2)c1C(F)(F)F. The van der Waals surface area contributed by atoms with Gasteiger partial charge < -0.3 is 25.4 Å². The van der Waals surface area contributed by atoms with E-state index in [1.165, 1.54) is 6.92 Å². The maximum Gasteiger partial charge on any atom is 0.417 e. The number of aromatic nitrogens is 2. The smallest absolute Gasteiger partial charge is 0.417 e. The fourth-order valence-corrected chi connectivity index (χ4v) is 7.88. The van der Waals surface area contributed by atoms with Crippen molar-refractivity contribution in [2.24, 2.45) is 0 Å². The van der Waals surface area contributed by atoms with Gasteiger partial charge in [-0.15, -0.1) is 0 Å². The first-order chi connectivity index (χ1) is 20.0. The summed E-state index contributed by atoms with van der Waals surface area (Å²) in [4.78, 5) is 13.7. The van der Waals surface area contributed by atoms with Crippen LogP contribution in [0.25, 0.3) is 0 Å². The van der Waals surface area contributed by atoms with E-state index in [0.717, 1.165) is 38.3 Å². The van der Waals surface area contributed by atoms with Crippen LogP contribution in [0.3, 0.4) is 0 Å². The van der Waals surface area contributed by atoms with E-state index in [1.54, 1.807) is 0 Å². The van der Waals surface area contributed by atoms with E-state index >= 15 is 4.39 Å². The Morgan fingerprint density at radius 1 is 1.19 bits per heavy atom. The molecule has 42 heavy (non-hydrogen) atoms. The monoisotopic (exact) mass is 594 g/mol. The standard InChI is InChI=1S/C29H35F5N6O2/c1-15-7-20(35)25(31)23(24(15)29(32,33)34)22-8-21-19(13-41-22)26(39-11-17-3-4-18(12-39)36-17)38-27(37-21)42-14-28-5-2-6-40(28)10-16(30)9-28/h7,16-18,22,36H,2-6,8-14,35H2,1H3/t16-,17-,18+,22?,28+/m1/s1. The number of aryl methyl sites for hydroxylation is 1. The number of nitrogens with zero attached hydrogens (tertiary/aromatic N) is 4. The highest BCUT2D eigenvalue weighted by molar-refractivity contribution is 5.55. The number of benzene rings is 1. The lowest BCUT2D eigenvalue weighted by atomic mass is 9.91. The molecule has 6 heterocycles. The Morgan fingerprint density at radius 2 is 1.95 bits per heavy atom.